The standard InChI is InChI=1S/C23H21ClN2O4/c1-29-20-13-16(19(24)14-21(20)30-2)15-25-26-22(27)23(28,17-9-5-3-6-10-17)18-11-7-4-8-12-18/h3-15,28H,1-2H3,(H,26,27)/b25-15-. The molecule has 0 bridgehead atoms. The van der Waals surface area contributed by atoms with Crippen LogP contribution in [0, 0.1) is 0 Å². The molecule has 0 heterocycles. The molecule has 0 aliphatic heterocycles. The van der Waals surface area contributed by atoms with Gasteiger partial charge in [0.1, 0.15) is 0 Å². The van der Waals surface area contributed by atoms with Crippen LogP contribution in [-0.2, 0) is 10.4 Å². The highest BCUT2D eigenvalue weighted by Crippen LogP contribution is 2.32. The van der Waals surface area contributed by atoms with Crippen molar-refractivity contribution >= 4 is 23.7 Å². The summed E-state index contributed by atoms with van der Waals surface area (Å²) in [6, 6.07) is 20.6. The molecule has 0 aromatic heterocycles. The third kappa shape index (κ3) is 4.30. The lowest BCUT2D eigenvalue weighted by atomic mass is 9.85. The van der Waals surface area contributed by atoms with E-state index in [1.54, 1.807) is 60.7 Å². The van der Waals surface area contributed by atoms with Gasteiger partial charge in [-0.15, -0.1) is 0 Å². The first-order chi connectivity index (χ1) is 14.5. The molecule has 3 rings (SSSR count). The summed E-state index contributed by atoms with van der Waals surface area (Å²) in [4.78, 5) is 13.0. The minimum absolute atomic E-state index is 0.368. The maximum Gasteiger partial charge on any atom is 0.281 e. The highest BCUT2D eigenvalue weighted by molar-refractivity contribution is 6.33. The van der Waals surface area contributed by atoms with Crippen molar-refractivity contribution in [3.05, 3.63) is 94.5 Å². The number of benzene rings is 3. The molecule has 0 aliphatic rings. The van der Waals surface area contributed by atoms with E-state index in [9.17, 15) is 9.90 Å². The number of hydrazone groups is 1. The predicted molar refractivity (Wildman–Crippen MR) is 116 cm³/mol. The fourth-order valence-electron chi connectivity index (χ4n) is 3.00. The van der Waals surface area contributed by atoms with E-state index in [1.165, 1.54) is 20.4 Å². The second kappa shape index (κ2) is 9.43. The first kappa shape index (κ1) is 21.4. The Morgan fingerprint density at radius 1 is 0.967 bits per heavy atom. The Labute approximate surface area is 179 Å². The number of halogens is 1. The van der Waals surface area contributed by atoms with Crippen LogP contribution in [0.2, 0.25) is 5.02 Å². The van der Waals surface area contributed by atoms with Gasteiger partial charge in [-0.25, -0.2) is 5.43 Å². The fourth-order valence-corrected chi connectivity index (χ4v) is 3.20. The molecule has 3 aromatic carbocycles. The van der Waals surface area contributed by atoms with Crippen LogP contribution in [-0.4, -0.2) is 31.4 Å². The summed E-state index contributed by atoms with van der Waals surface area (Å²) in [6.07, 6.45) is 1.37. The van der Waals surface area contributed by atoms with Gasteiger partial charge in [0.2, 0.25) is 0 Å². The van der Waals surface area contributed by atoms with Gasteiger partial charge >= 0.3 is 0 Å². The highest BCUT2D eigenvalue weighted by atomic mass is 35.5. The van der Waals surface area contributed by atoms with E-state index in [0.717, 1.165) is 0 Å². The van der Waals surface area contributed by atoms with Crippen LogP contribution in [0.4, 0.5) is 0 Å². The Morgan fingerprint density at radius 2 is 1.47 bits per heavy atom. The van der Waals surface area contributed by atoms with Crippen molar-refractivity contribution in [1.29, 1.82) is 0 Å². The maximum absolute atomic E-state index is 13.0. The first-order valence-electron chi connectivity index (χ1n) is 9.09. The summed E-state index contributed by atoms with van der Waals surface area (Å²) in [5.41, 5.74) is 1.86. The molecule has 0 unspecified atom stereocenters. The van der Waals surface area contributed by atoms with Gasteiger partial charge in [0.25, 0.3) is 5.91 Å². The SMILES string of the molecule is COc1cc(Cl)c(/C=N\NC(=O)C(O)(c2ccccc2)c2ccccc2)cc1OC. The number of aliphatic hydroxyl groups is 1. The summed E-state index contributed by atoms with van der Waals surface area (Å²) in [5, 5.41) is 15.7. The zero-order chi connectivity index (χ0) is 21.6. The average Bonchev–Trinajstić information content (AvgIpc) is 2.80. The first-order valence-corrected chi connectivity index (χ1v) is 9.47. The molecule has 3 aromatic rings. The zero-order valence-electron chi connectivity index (χ0n) is 16.5. The van der Waals surface area contributed by atoms with E-state index < -0.39 is 11.5 Å². The molecule has 2 N–H and O–H groups in total. The van der Waals surface area contributed by atoms with E-state index >= 15 is 0 Å². The second-order valence-corrected chi connectivity index (χ2v) is 6.78. The Morgan fingerprint density at radius 3 is 1.97 bits per heavy atom. The largest absolute Gasteiger partial charge is 0.493 e. The lowest BCUT2D eigenvalue weighted by molar-refractivity contribution is -0.136. The zero-order valence-corrected chi connectivity index (χ0v) is 17.3. The van der Waals surface area contributed by atoms with Crippen LogP contribution in [0.3, 0.4) is 0 Å². The van der Waals surface area contributed by atoms with Crippen LogP contribution in [0.1, 0.15) is 16.7 Å². The number of hydrogen-bond donors (Lipinski definition) is 2. The fraction of sp³-hybridized carbons (Fsp3) is 0.130. The number of carbonyl (C=O) groups excluding carboxylic acids is 1. The molecule has 0 saturated carbocycles. The van der Waals surface area contributed by atoms with Crippen molar-refractivity contribution in [1.82, 2.24) is 5.43 Å². The molecular weight excluding hydrogens is 404 g/mol. The monoisotopic (exact) mass is 424 g/mol. The summed E-state index contributed by atoms with van der Waals surface area (Å²) in [5.74, 6) is 0.249. The van der Waals surface area contributed by atoms with Crippen molar-refractivity contribution in [2.24, 2.45) is 5.10 Å². The number of amides is 1. The number of rotatable bonds is 7. The van der Waals surface area contributed by atoms with Crippen LogP contribution in [0.5, 0.6) is 11.5 Å². The van der Waals surface area contributed by atoms with Gasteiger partial charge < -0.3 is 14.6 Å². The maximum atomic E-state index is 13.0. The summed E-state index contributed by atoms with van der Waals surface area (Å²) in [6.45, 7) is 0. The second-order valence-electron chi connectivity index (χ2n) is 6.37. The normalized spacial score (nSPS) is 11.3. The van der Waals surface area contributed by atoms with Crippen molar-refractivity contribution < 1.29 is 19.4 Å². The third-order valence-electron chi connectivity index (χ3n) is 4.58. The smallest absolute Gasteiger partial charge is 0.281 e. The molecule has 1 amide bonds. The summed E-state index contributed by atoms with van der Waals surface area (Å²) < 4.78 is 10.5. The van der Waals surface area contributed by atoms with E-state index in [1.807, 2.05) is 12.1 Å². The van der Waals surface area contributed by atoms with Gasteiger partial charge in [-0.1, -0.05) is 72.3 Å². The lowest BCUT2D eigenvalue weighted by Gasteiger charge is -2.27. The van der Waals surface area contributed by atoms with Crippen LogP contribution < -0.4 is 14.9 Å². The molecule has 30 heavy (non-hydrogen) atoms. The Balaban J connectivity index is 1.89. The molecular formula is C23H21ClN2O4. The van der Waals surface area contributed by atoms with E-state index in [-0.39, 0.29) is 0 Å². The van der Waals surface area contributed by atoms with E-state index in [2.05, 4.69) is 10.5 Å². The summed E-state index contributed by atoms with van der Waals surface area (Å²) in [7, 11) is 3.02. The van der Waals surface area contributed by atoms with Gasteiger partial charge in [-0.3, -0.25) is 4.79 Å². The number of methoxy groups -OCH3 is 2. The number of carbonyl (C=O) groups is 1. The van der Waals surface area contributed by atoms with Gasteiger partial charge in [0.15, 0.2) is 17.1 Å². The van der Waals surface area contributed by atoms with Crippen LogP contribution in [0.25, 0.3) is 0 Å². The van der Waals surface area contributed by atoms with Crippen LogP contribution in [0.15, 0.2) is 77.9 Å². The number of nitrogens with one attached hydrogen (secondary N) is 1. The molecule has 0 aliphatic carbocycles. The third-order valence-corrected chi connectivity index (χ3v) is 4.91. The van der Waals surface area contributed by atoms with Gasteiger partial charge in [0, 0.05) is 11.6 Å². The Kier molecular flexibility index (Phi) is 6.72. The molecule has 7 heteroatoms. The number of hydrogen-bond acceptors (Lipinski definition) is 5. The molecule has 154 valence electrons. The predicted octanol–water partition coefficient (Wildman–Crippen LogP) is 3.74. The molecule has 0 spiro atoms. The van der Waals surface area contributed by atoms with Crippen LogP contribution >= 0.6 is 11.6 Å². The van der Waals surface area contributed by atoms with Gasteiger partial charge in [0.05, 0.1) is 25.5 Å². The number of ether oxygens (including phenoxy) is 2. The van der Waals surface area contributed by atoms with Crippen molar-refractivity contribution in [3.8, 4) is 11.5 Å². The molecule has 0 radical (unpaired) electrons. The lowest BCUT2D eigenvalue weighted by Crippen LogP contribution is -2.43. The minimum Gasteiger partial charge on any atom is -0.493 e. The van der Waals surface area contributed by atoms with Crippen molar-refractivity contribution in [2.45, 2.75) is 5.60 Å². The average molecular weight is 425 g/mol. The summed E-state index contributed by atoms with van der Waals surface area (Å²) >= 11 is 6.25. The minimum atomic E-state index is -1.92. The topological polar surface area (TPSA) is 80.2 Å². The molecule has 6 nitrogen and oxygen atoms in total. The Hall–Kier alpha value is -3.35. The van der Waals surface area contributed by atoms with Crippen molar-refractivity contribution in [2.75, 3.05) is 14.2 Å². The highest BCUT2D eigenvalue weighted by Gasteiger charge is 2.39. The number of nitrogens with zero attached hydrogens (tertiary/aromatic N) is 1. The Bertz CT molecular complexity index is 1000. The van der Waals surface area contributed by atoms with Gasteiger partial charge in [-0.05, 0) is 17.2 Å². The van der Waals surface area contributed by atoms with E-state index in [4.69, 9.17) is 21.1 Å². The molecule has 0 saturated heterocycles. The molecule has 0 fully saturated rings. The molecule has 0 atom stereocenters. The van der Waals surface area contributed by atoms with Gasteiger partial charge in [-0.2, -0.15) is 5.10 Å². The quantitative estimate of drug-likeness (QED) is 0.447. The van der Waals surface area contributed by atoms with E-state index in [0.29, 0.717) is 33.2 Å². The van der Waals surface area contributed by atoms with Crippen molar-refractivity contribution in [3.63, 3.8) is 0 Å².